The van der Waals surface area contributed by atoms with Gasteiger partial charge in [-0.1, -0.05) is 23.7 Å². The summed E-state index contributed by atoms with van der Waals surface area (Å²) in [5.74, 6) is 0.867. The fraction of sp³-hybridized carbons (Fsp3) is 0.312. The Hall–Kier alpha value is -1.21. The highest BCUT2D eigenvalue weighted by atomic mass is 127. The first-order valence-electron chi connectivity index (χ1n) is 6.86. The first-order valence-corrected chi connectivity index (χ1v) is 7.24. The van der Waals surface area contributed by atoms with Crippen LogP contribution < -0.4 is 5.32 Å². The fourth-order valence-corrected chi connectivity index (χ4v) is 2.27. The van der Waals surface area contributed by atoms with Crippen molar-refractivity contribution in [2.45, 2.75) is 13.1 Å². The van der Waals surface area contributed by atoms with Crippen LogP contribution in [0.25, 0.3) is 0 Å². The lowest BCUT2D eigenvalue weighted by molar-refractivity contribution is 0.461. The van der Waals surface area contributed by atoms with Crippen molar-refractivity contribution in [1.82, 2.24) is 14.8 Å². The van der Waals surface area contributed by atoms with E-state index in [0.717, 1.165) is 24.1 Å². The molecule has 0 aliphatic carbocycles. The van der Waals surface area contributed by atoms with Crippen molar-refractivity contribution in [1.29, 1.82) is 0 Å². The number of halogens is 2. The number of aliphatic imine (C=N–C) groups is 1. The van der Waals surface area contributed by atoms with Crippen LogP contribution in [0, 0.1) is 0 Å². The zero-order valence-electron chi connectivity index (χ0n) is 13.1. The van der Waals surface area contributed by atoms with E-state index in [-0.39, 0.29) is 24.0 Å². The van der Waals surface area contributed by atoms with Gasteiger partial charge < -0.3 is 14.8 Å². The lowest BCUT2D eigenvalue weighted by Crippen LogP contribution is -2.38. The molecule has 0 spiro atoms. The highest BCUT2D eigenvalue weighted by molar-refractivity contribution is 14.0. The third kappa shape index (κ3) is 5.21. The van der Waals surface area contributed by atoms with E-state index in [4.69, 9.17) is 11.6 Å². The molecule has 0 saturated carbocycles. The Morgan fingerprint density at radius 3 is 2.50 bits per heavy atom. The zero-order chi connectivity index (χ0) is 15.2. The summed E-state index contributed by atoms with van der Waals surface area (Å²) in [6.07, 6.45) is 2.05. The monoisotopic (exact) mass is 432 g/mol. The van der Waals surface area contributed by atoms with Crippen LogP contribution in [-0.4, -0.2) is 29.5 Å². The molecule has 0 atom stereocenters. The normalized spacial score (nSPS) is 11.0. The molecule has 0 aliphatic heterocycles. The Bertz CT molecular complexity index is 607. The summed E-state index contributed by atoms with van der Waals surface area (Å²) in [6.45, 7) is 1.53. The number of nitrogens with one attached hydrogen (secondary N) is 1. The second-order valence-electron chi connectivity index (χ2n) is 4.99. The van der Waals surface area contributed by atoms with Gasteiger partial charge in [-0.25, -0.2) is 0 Å². The van der Waals surface area contributed by atoms with Crippen molar-refractivity contribution in [3.05, 3.63) is 58.9 Å². The maximum atomic E-state index is 5.89. The quantitative estimate of drug-likeness (QED) is 0.456. The molecule has 1 heterocycles. The molecule has 22 heavy (non-hydrogen) atoms. The maximum Gasteiger partial charge on any atom is 0.194 e. The number of hydrogen-bond acceptors (Lipinski definition) is 1. The molecular weight excluding hydrogens is 411 g/mol. The van der Waals surface area contributed by atoms with Gasteiger partial charge in [0.15, 0.2) is 5.96 Å². The van der Waals surface area contributed by atoms with Gasteiger partial charge in [0.2, 0.25) is 0 Å². The van der Waals surface area contributed by atoms with Crippen molar-refractivity contribution in [3.63, 3.8) is 0 Å². The Labute approximate surface area is 154 Å². The van der Waals surface area contributed by atoms with Crippen LogP contribution in [0.4, 0.5) is 0 Å². The summed E-state index contributed by atoms with van der Waals surface area (Å²) in [5.41, 5.74) is 2.42. The van der Waals surface area contributed by atoms with Gasteiger partial charge in [0.1, 0.15) is 0 Å². The van der Waals surface area contributed by atoms with E-state index in [1.165, 1.54) is 11.3 Å². The molecule has 120 valence electrons. The van der Waals surface area contributed by atoms with Crippen LogP contribution in [0.15, 0.2) is 47.6 Å². The molecular formula is C16H22ClIN4. The van der Waals surface area contributed by atoms with Crippen LogP contribution in [0.5, 0.6) is 0 Å². The minimum Gasteiger partial charge on any atom is -0.353 e. The lowest BCUT2D eigenvalue weighted by Gasteiger charge is -2.22. The van der Waals surface area contributed by atoms with E-state index >= 15 is 0 Å². The number of aromatic nitrogens is 1. The smallest absolute Gasteiger partial charge is 0.194 e. The Balaban J connectivity index is 0.00000242. The molecule has 2 aromatic rings. The molecule has 0 radical (unpaired) electrons. The van der Waals surface area contributed by atoms with Gasteiger partial charge in [0, 0.05) is 44.6 Å². The van der Waals surface area contributed by atoms with E-state index in [2.05, 4.69) is 25.8 Å². The molecule has 0 unspecified atom stereocenters. The van der Waals surface area contributed by atoms with Gasteiger partial charge >= 0.3 is 0 Å². The van der Waals surface area contributed by atoms with Gasteiger partial charge in [0.05, 0.1) is 6.54 Å². The molecule has 0 fully saturated rings. The zero-order valence-corrected chi connectivity index (χ0v) is 16.2. The number of aryl methyl sites for hydroxylation is 1. The van der Waals surface area contributed by atoms with E-state index < -0.39 is 0 Å². The van der Waals surface area contributed by atoms with Crippen LogP contribution in [-0.2, 0) is 20.1 Å². The van der Waals surface area contributed by atoms with Crippen molar-refractivity contribution in [3.8, 4) is 0 Å². The molecule has 0 saturated heterocycles. The summed E-state index contributed by atoms with van der Waals surface area (Å²) in [5, 5.41) is 4.11. The molecule has 6 heteroatoms. The first-order chi connectivity index (χ1) is 10.1. The largest absolute Gasteiger partial charge is 0.353 e. The standard InChI is InChI=1S/C16H21ClN4.HI/c1-18-16(19-11-13-6-8-14(17)9-7-13)21(3)12-15-5-4-10-20(15)2;/h4-10H,11-12H2,1-3H3,(H,18,19);1H. The Morgan fingerprint density at radius 2 is 1.95 bits per heavy atom. The number of hydrogen-bond donors (Lipinski definition) is 1. The van der Waals surface area contributed by atoms with Crippen LogP contribution in [0.3, 0.4) is 0 Å². The molecule has 1 aromatic carbocycles. The summed E-state index contributed by atoms with van der Waals surface area (Å²) >= 11 is 5.89. The number of rotatable bonds is 4. The number of guanidine groups is 1. The maximum absolute atomic E-state index is 5.89. The number of nitrogens with zero attached hydrogens (tertiary/aromatic N) is 3. The summed E-state index contributed by atoms with van der Waals surface area (Å²) < 4.78 is 2.11. The lowest BCUT2D eigenvalue weighted by atomic mass is 10.2. The summed E-state index contributed by atoms with van der Waals surface area (Å²) in [7, 11) is 5.88. The summed E-state index contributed by atoms with van der Waals surface area (Å²) in [4.78, 5) is 6.43. The van der Waals surface area contributed by atoms with E-state index in [0.29, 0.717) is 0 Å². The van der Waals surface area contributed by atoms with E-state index in [1.54, 1.807) is 7.05 Å². The molecule has 2 rings (SSSR count). The Kier molecular flexibility index (Phi) is 7.75. The minimum atomic E-state index is 0. The predicted octanol–water partition coefficient (Wildman–Crippen LogP) is 3.50. The highest BCUT2D eigenvalue weighted by Crippen LogP contribution is 2.09. The first kappa shape index (κ1) is 18.8. The average molecular weight is 433 g/mol. The third-order valence-electron chi connectivity index (χ3n) is 3.39. The van der Waals surface area contributed by atoms with E-state index in [1.807, 2.05) is 50.6 Å². The van der Waals surface area contributed by atoms with Gasteiger partial charge in [0.25, 0.3) is 0 Å². The van der Waals surface area contributed by atoms with Gasteiger partial charge in [-0.2, -0.15) is 0 Å². The molecule has 0 amide bonds. The van der Waals surface area contributed by atoms with E-state index in [9.17, 15) is 0 Å². The topological polar surface area (TPSA) is 32.6 Å². The van der Waals surface area contributed by atoms with Crippen molar-refractivity contribution in [2.75, 3.05) is 14.1 Å². The van der Waals surface area contributed by atoms with Gasteiger partial charge in [-0.05, 0) is 29.8 Å². The van der Waals surface area contributed by atoms with Crippen LogP contribution in [0.2, 0.25) is 5.02 Å². The predicted molar refractivity (Wildman–Crippen MR) is 104 cm³/mol. The third-order valence-corrected chi connectivity index (χ3v) is 3.64. The minimum absolute atomic E-state index is 0. The van der Waals surface area contributed by atoms with Crippen molar-refractivity contribution in [2.24, 2.45) is 12.0 Å². The van der Waals surface area contributed by atoms with Gasteiger partial charge in [-0.3, -0.25) is 4.99 Å². The van der Waals surface area contributed by atoms with Crippen molar-refractivity contribution < 1.29 is 0 Å². The second-order valence-corrected chi connectivity index (χ2v) is 5.43. The SMILES string of the molecule is CN=C(NCc1ccc(Cl)cc1)N(C)Cc1cccn1C.I. The molecule has 4 nitrogen and oxygen atoms in total. The Morgan fingerprint density at radius 1 is 1.27 bits per heavy atom. The average Bonchev–Trinajstić information content (AvgIpc) is 2.87. The molecule has 0 bridgehead atoms. The molecule has 1 aromatic heterocycles. The molecule has 1 N–H and O–H groups in total. The second kappa shape index (κ2) is 9.05. The van der Waals surface area contributed by atoms with Crippen molar-refractivity contribution >= 4 is 41.5 Å². The fourth-order valence-electron chi connectivity index (χ4n) is 2.15. The number of benzene rings is 1. The van der Waals surface area contributed by atoms with Gasteiger partial charge in [-0.15, -0.1) is 24.0 Å². The molecule has 0 aliphatic rings. The van der Waals surface area contributed by atoms with Crippen LogP contribution >= 0.6 is 35.6 Å². The summed E-state index contributed by atoms with van der Waals surface area (Å²) in [6, 6.07) is 12.0. The highest BCUT2D eigenvalue weighted by Gasteiger charge is 2.08. The van der Waals surface area contributed by atoms with Crippen LogP contribution in [0.1, 0.15) is 11.3 Å².